The molecular weight excluding hydrogens is 359 g/mol. The molecule has 0 spiro atoms. The predicted molar refractivity (Wildman–Crippen MR) is 104 cm³/mol. The molecule has 28 heavy (non-hydrogen) atoms. The second-order valence-corrected chi connectivity index (χ2v) is 5.99. The van der Waals surface area contributed by atoms with E-state index < -0.39 is 11.8 Å². The van der Waals surface area contributed by atoms with Crippen LogP contribution in [0.1, 0.15) is 21.7 Å². The van der Waals surface area contributed by atoms with Gasteiger partial charge in [0.1, 0.15) is 17.3 Å². The van der Waals surface area contributed by atoms with Gasteiger partial charge in [-0.3, -0.25) is 9.59 Å². The maximum atomic E-state index is 13.7. The molecule has 0 aliphatic heterocycles. The third kappa shape index (κ3) is 5.17. The molecule has 0 fully saturated rings. The minimum atomic E-state index is -0.489. The Morgan fingerprint density at radius 1 is 0.964 bits per heavy atom. The van der Waals surface area contributed by atoms with E-state index in [1.165, 1.54) is 18.4 Å². The molecule has 2 aromatic carbocycles. The quantitative estimate of drug-likeness (QED) is 0.618. The van der Waals surface area contributed by atoms with E-state index in [0.29, 0.717) is 23.3 Å². The van der Waals surface area contributed by atoms with E-state index in [2.05, 4.69) is 10.6 Å². The lowest BCUT2D eigenvalue weighted by atomic mass is 10.1. The van der Waals surface area contributed by atoms with Crippen LogP contribution in [0.4, 0.5) is 4.39 Å². The maximum Gasteiger partial charge on any atom is 0.267 e. The number of hydrogen-bond acceptors (Lipinski definition) is 3. The number of amides is 2. The lowest BCUT2D eigenvalue weighted by Gasteiger charge is -2.11. The molecule has 0 aliphatic rings. The first kappa shape index (κ1) is 19.1. The summed E-state index contributed by atoms with van der Waals surface area (Å²) in [6.45, 7) is 0.219. The van der Waals surface area contributed by atoms with Crippen molar-refractivity contribution >= 4 is 17.9 Å². The molecule has 0 bridgehead atoms. The second kappa shape index (κ2) is 9.32. The van der Waals surface area contributed by atoms with Gasteiger partial charge in [-0.2, -0.15) is 0 Å². The van der Waals surface area contributed by atoms with E-state index in [-0.39, 0.29) is 18.1 Å². The lowest BCUT2D eigenvalue weighted by Crippen LogP contribution is -2.35. The SMILES string of the molecule is O=C(NCCc1ccccc1F)/C(=C/c1ccco1)NC(=O)c1ccccc1. The third-order valence-corrected chi connectivity index (χ3v) is 4.00. The molecule has 0 saturated heterocycles. The van der Waals surface area contributed by atoms with Gasteiger partial charge < -0.3 is 15.1 Å². The molecule has 5 nitrogen and oxygen atoms in total. The molecule has 0 radical (unpaired) electrons. The molecule has 3 aromatic rings. The molecule has 0 unspecified atom stereocenters. The van der Waals surface area contributed by atoms with Gasteiger partial charge in [-0.15, -0.1) is 0 Å². The zero-order valence-corrected chi connectivity index (χ0v) is 15.0. The number of hydrogen-bond donors (Lipinski definition) is 2. The van der Waals surface area contributed by atoms with E-state index >= 15 is 0 Å². The fraction of sp³-hybridized carbons (Fsp3) is 0.0909. The summed E-state index contributed by atoms with van der Waals surface area (Å²) in [5.74, 6) is -0.798. The molecule has 2 N–H and O–H groups in total. The Morgan fingerprint density at radius 3 is 2.43 bits per heavy atom. The Morgan fingerprint density at radius 2 is 1.71 bits per heavy atom. The van der Waals surface area contributed by atoms with E-state index in [1.807, 2.05) is 0 Å². The van der Waals surface area contributed by atoms with Gasteiger partial charge in [0.05, 0.1) is 6.26 Å². The number of carbonyl (C=O) groups is 2. The average molecular weight is 378 g/mol. The van der Waals surface area contributed by atoms with Crippen molar-refractivity contribution < 1.29 is 18.4 Å². The largest absolute Gasteiger partial charge is 0.465 e. The van der Waals surface area contributed by atoms with Crippen molar-refractivity contribution in [3.8, 4) is 0 Å². The summed E-state index contributed by atoms with van der Waals surface area (Å²) in [5.41, 5.74) is 0.969. The number of rotatable bonds is 7. The van der Waals surface area contributed by atoms with Gasteiger partial charge in [-0.1, -0.05) is 36.4 Å². The van der Waals surface area contributed by atoms with Crippen molar-refractivity contribution in [2.45, 2.75) is 6.42 Å². The molecule has 0 atom stereocenters. The van der Waals surface area contributed by atoms with Crippen molar-refractivity contribution in [2.24, 2.45) is 0 Å². The fourth-order valence-electron chi connectivity index (χ4n) is 2.57. The summed E-state index contributed by atoms with van der Waals surface area (Å²) in [7, 11) is 0. The smallest absolute Gasteiger partial charge is 0.267 e. The molecule has 142 valence electrons. The van der Waals surface area contributed by atoms with E-state index in [1.54, 1.807) is 60.7 Å². The first-order chi connectivity index (χ1) is 13.6. The number of furan rings is 1. The Labute approximate surface area is 161 Å². The van der Waals surface area contributed by atoms with Crippen molar-refractivity contribution in [1.82, 2.24) is 10.6 Å². The van der Waals surface area contributed by atoms with Crippen LogP contribution in [0.2, 0.25) is 0 Å². The van der Waals surface area contributed by atoms with Crippen LogP contribution in [0.3, 0.4) is 0 Å². The third-order valence-electron chi connectivity index (χ3n) is 4.00. The van der Waals surface area contributed by atoms with Crippen molar-refractivity contribution in [3.05, 3.63) is 101 Å². The average Bonchev–Trinajstić information content (AvgIpc) is 3.22. The van der Waals surface area contributed by atoms with Gasteiger partial charge in [0.2, 0.25) is 0 Å². The van der Waals surface area contributed by atoms with Crippen molar-refractivity contribution in [1.29, 1.82) is 0 Å². The number of benzene rings is 2. The number of carbonyl (C=O) groups excluding carboxylic acids is 2. The van der Waals surface area contributed by atoms with Gasteiger partial charge in [-0.05, 0) is 42.3 Å². The summed E-state index contributed by atoms with van der Waals surface area (Å²) < 4.78 is 18.9. The van der Waals surface area contributed by atoms with Gasteiger partial charge in [-0.25, -0.2) is 4.39 Å². The predicted octanol–water partition coefficient (Wildman–Crippen LogP) is 3.55. The van der Waals surface area contributed by atoms with Crippen molar-refractivity contribution in [3.63, 3.8) is 0 Å². The van der Waals surface area contributed by atoms with E-state index in [4.69, 9.17) is 4.42 Å². The highest BCUT2D eigenvalue weighted by Crippen LogP contribution is 2.09. The topological polar surface area (TPSA) is 71.3 Å². The van der Waals surface area contributed by atoms with E-state index in [0.717, 1.165) is 0 Å². The van der Waals surface area contributed by atoms with E-state index in [9.17, 15) is 14.0 Å². The van der Waals surface area contributed by atoms with Crippen molar-refractivity contribution in [2.75, 3.05) is 6.54 Å². The Kier molecular flexibility index (Phi) is 6.36. The standard InChI is InChI=1S/C22H19FN2O3/c23-19-11-5-4-7-16(19)12-13-24-22(27)20(15-18-10-6-14-28-18)25-21(26)17-8-2-1-3-9-17/h1-11,14-15H,12-13H2,(H,24,27)(H,25,26)/b20-15-. The highest BCUT2D eigenvalue weighted by Gasteiger charge is 2.15. The van der Waals surface area contributed by atoms with Crippen LogP contribution >= 0.6 is 0 Å². The summed E-state index contributed by atoms with van der Waals surface area (Å²) in [4.78, 5) is 25.0. The van der Waals surface area contributed by atoms with Crippen LogP contribution in [-0.4, -0.2) is 18.4 Å². The minimum absolute atomic E-state index is 0.0392. The monoisotopic (exact) mass is 378 g/mol. The van der Waals surface area contributed by atoms with Crippen LogP contribution < -0.4 is 10.6 Å². The summed E-state index contributed by atoms with van der Waals surface area (Å²) in [6.07, 6.45) is 3.25. The molecule has 6 heteroatoms. The van der Waals surface area contributed by atoms with Gasteiger partial charge in [0.15, 0.2) is 0 Å². The number of nitrogens with one attached hydrogen (secondary N) is 2. The number of halogens is 1. The van der Waals surface area contributed by atoms with Crippen LogP contribution in [-0.2, 0) is 11.2 Å². The summed E-state index contributed by atoms with van der Waals surface area (Å²) in [5, 5.41) is 5.30. The summed E-state index contributed by atoms with van der Waals surface area (Å²) in [6, 6.07) is 18.3. The maximum absolute atomic E-state index is 13.7. The molecular formula is C22H19FN2O3. The van der Waals surface area contributed by atoms with Crippen LogP contribution in [0.5, 0.6) is 0 Å². The Balaban J connectivity index is 1.69. The first-order valence-electron chi connectivity index (χ1n) is 8.76. The molecule has 0 aliphatic carbocycles. The normalized spacial score (nSPS) is 11.1. The van der Waals surface area contributed by atoms with Gasteiger partial charge in [0, 0.05) is 18.2 Å². The Bertz CT molecular complexity index is 966. The van der Waals surface area contributed by atoms with Crippen LogP contribution in [0.25, 0.3) is 6.08 Å². The highest BCUT2D eigenvalue weighted by atomic mass is 19.1. The zero-order valence-electron chi connectivity index (χ0n) is 15.0. The molecule has 2 amide bonds. The highest BCUT2D eigenvalue weighted by molar-refractivity contribution is 6.05. The molecule has 0 saturated carbocycles. The molecule has 1 heterocycles. The Hall–Kier alpha value is -3.67. The zero-order chi connectivity index (χ0) is 19.8. The first-order valence-corrected chi connectivity index (χ1v) is 8.76. The van der Waals surface area contributed by atoms with Crippen LogP contribution in [0.15, 0.2) is 83.1 Å². The lowest BCUT2D eigenvalue weighted by molar-refractivity contribution is -0.117. The van der Waals surface area contributed by atoms with Gasteiger partial charge >= 0.3 is 0 Å². The molecule has 3 rings (SSSR count). The minimum Gasteiger partial charge on any atom is -0.465 e. The fourth-order valence-corrected chi connectivity index (χ4v) is 2.57. The second-order valence-electron chi connectivity index (χ2n) is 5.99. The van der Waals surface area contributed by atoms with Gasteiger partial charge in [0.25, 0.3) is 11.8 Å². The molecule has 1 aromatic heterocycles. The van der Waals surface area contributed by atoms with Crippen LogP contribution in [0, 0.1) is 5.82 Å². The summed E-state index contributed by atoms with van der Waals surface area (Å²) >= 11 is 0.